The Bertz CT molecular complexity index is 1490. The number of hydrogen-bond donors (Lipinski definition) is 1. The van der Waals surface area contributed by atoms with Crippen molar-refractivity contribution < 1.29 is 54.2 Å². The number of nitrogens with zero attached hydrogens (tertiary/aromatic N) is 5. The molecule has 1 aliphatic rings. The maximum Gasteiger partial charge on any atom is 0.416 e. The predicted molar refractivity (Wildman–Crippen MR) is 153 cm³/mol. The highest BCUT2D eigenvalue weighted by molar-refractivity contribution is 5.68. The number of aromatic nitrogens is 2. The van der Waals surface area contributed by atoms with E-state index in [2.05, 4.69) is 9.97 Å². The number of ether oxygens (including phenoxy) is 1. The van der Waals surface area contributed by atoms with Crippen LogP contribution in [0, 0.1) is 0 Å². The number of benzene rings is 2. The van der Waals surface area contributed by atoms with Gasteiger partial charge in [-0.25, -0.2) is 9.97 Å². The number of morpholine rings is 1. The van der Waals surface area contributed by atoms with E-state index in [9.17, 15) is 49.4 Å². The van der Waals surface area contributed by atoms with E-state index in [1.165, 1.54) is 22.2 Å². The van der Waals surface area contributed by atoms with E-state index in [-0.39, 0.29) is 42.8 Å². The van der Waals surface area contributed by atoms with E-state index in [1.807, 2.05) is 4.90 Å². The van der Waals surface area contributed by atoms with Crippen LogP contribution in [0.25, 0.3) is 0 Å². The van der Waals surface area contributed by atoms with Crippen molar-refractivity contribution >= 4 is 23.3 Å². The summed E-state index contributed by atoms with van der Waals surface area (Å²) in [5.41, 5.74) is -3.91. The Labute approximate surface area is 263 Å². The van der Waals surface area contributed by atoms with Crippen LogP contribution in [-0.4, -0.2) is 60.4 Å². The summed E-state index contributed by atoms with van der Waals surface area (Å²) in [5.74, 6) is -1.33. The lowest BCUT2D eigenvalue weighted by atomic mass is 10.0. The highest BCUT2D eigenvalue weighted by Crippen LogP contribution is 2.38. The molecule has 0 aliphatic carbocycles. The minimum atomic E-state index is -5.13. The molecule has 0 radical (unpaired) electrons. The molecule has 2 aromatic carbocycles. The molecular formula is C30H30F9N5O3. The third-order valence-electron chi connectivity index (χ3n) is 7.39. The zero-order valence-corrected chi connectivity index (χ0v) is 24.9. The average Bonchev–Trinajstić information content (AvgIpc) is 3.00. The van der Waals surface area contributed by atoms with Gasteiger partial charge < -0.3 is 24.5 Å². The molecule has 1 fully saturated rings. The number of aliphatic carboxylic acids is 1. The Morgan fingerprint density at radius 3 is 1.91 bits per heavy atom. The van der Waals surface area contributed by atoms with Crippen molar-refractivity contribution in [3.63, 3.8) is 0 Å². The summed E-state index contributed by atoms with van der Waals surface area (Å²) in [4.78, 5) is 24.4. The normalized spacial score (nSPS) is 14.3. The molecule has 0 atom stereocenters. The van der Waals surface area contributed by atoms with E-state index in [1.54, 1.807) is 6.92 Å². The number of alkyl halides is 9. The number of carbonyl (C=O) groups is 1. The van der Waals surface area contributed by atoms with Crippen LogP contribution in [0.2, 0.25) is 0 Å². The van der Waals surface area contributed by atoms with Crippen LogP contribution >= 0.6 is 0 Å². The van der Waals surface area contributed by atoms with Crippen LogP contribution in [0.5, 0.6) is 0 Å². The lowest BCUT2D eigenvalue weighted by Crippen LogP contribution is -2.36. The fraction of sp³-hybridized carbons (Fsp3) is 0.433. The third kappa shape index (κ3) is 9.39. The van der Waals surface area contributed by atoms with E-state index in [0.717, 1.165) is 18.2 Å². The number of halogens is 9. The van der Waals surface area contributed by atoms with Crippen LogP contribution in [0.15, 0.2) is 48.8 Å². The topological polar surface area (TPSA) is 82.0 Å². The van der Waals surface area contributed by atoms with Crippen molar-refractivity contribution in [2.45, 2.75) is 45.0 Å². The Balaban J connectivity index is 1.83. The summed E-state index contributed by atoms with van der Waals surface area (Å²) in [7, 11) is 0. The van der Waals surface area contributed by atoms with Gasteiger partial charge in [0, 0.05) is 45.0 Å². The molecule has 1 saturated heterocycles. The van der Waals surface area contributed by atoms with Gasteiger partial charge in [-0.1, -0.05) is 0 Å². The Kier molecular flexibility index (Phi) is 10.8. The largest absolute Gasteiger partial charge is 0.481 e. The van der Waals surface area contributed by atoms with E-state index >= 15 is 0 Å². The highest BCUT2D eigenvalue weighted by Gasteiger charge is 2.37. The maximum absolute atomic E-state index is 13.8. The second-order valence-electron chi connectivity index (χ2n) is 10.7. The van der Waals surface area contributed by atoms with Crippen LogP contribution in [0.1, 0.15) is 41.2 Å². The summed E-state index contributed by atoms with van der Waals surface area (Å²) >= 11 is 0. The van der Waals surface area contributed by atoms with Crippen LogP contribution in [0.4, 0.5) is 56.8 Å². The molecule has 1 N–H and O–H groups in total. The lowest BCUT2D eigenvalue weighted by Gasteiger charge is -2.30. The van der Waals surface area contributed by atoms with Gasteiger partial charge in [-0.05, 0) is 54.4 Å². The minimum Gasteiger partial charge on any atom is -0.481 e. The zero-order chi connectivity index (χ0) is 34.6. The van der Waals surface area contributed by atoms with Gasteiger partial charge in [0.05, 0.1) is 54.4 Å². The molecule has 4 rings (SSSR count). The summed E-state index contributed by atoms with van der Waals surface area (Å²) in [5, 5.41) is 9.19. The van der Waals surface area contributed by atoms with Gasteiger partial charge in [-0.15, -0.1) is 0 Å². The van der Waals surface area contributed by atoms with Gasteiger partial charge in [-0.2, -0.15) is 39.5 Å². The summed E-state index contributed by atoms with van der Waals surface area (Å²) < 4.78 is 129. The molecule has 0 bridgehead atoms. The molecule has 0 amide bonds. The quantitative estimate of drug-likeness (QED) is 0.220. The van der Waals surface area contributed by atoms with Crippen molar-refractivity contribution in [2.75, 3.05) is 54.1 Å². The number of hydrogen-bond acceptors (Lipinski definition) is 7. The molecule has 47 heavy (non-hydrogen) atoms. The van der Waals surface area contributed by atoms with Gasteiger partial charge in [0.25, 0.3) is 0 Å². The molecule has 0 spiro atoms. The van der Waals surface area contributed by atoms with Gasteiger partial charge in [-0.3, -0.25) is 4.79 Å². The standard InChI is InChI=1S/C30H30F9N5O3/c1-2-42(6-5-26(45)46)25-4-3-21(28(31,32)33)13-20(25)18-44(27-40-15-24(16-41-27)43-7-9-47-10-8-43)17-19-11-22(29(34,35)36)14-23(12-19)30(37,38)39/h3-4,11-16H,2,5-10,17-18H2,1H3,(H,45,46). The molecule has 3 aromatic rings. The molecule has 0 unspecified atom stereocenters. The summed E-state index contributed by atoms with van der Waals surface area (Å²) in [6, 6.07) is 3.80. The van der Waals surface area contributed by atoms with Crippen molar-refractivity contribution in [1.29, 1.82) is 0 Å². The first kappa shape index (κ1) is 35.6. The van der Waals surface area contributed by atoms with Crippen LogP contribution in [-0.2, 0) is 41.1 Å². The summed E-state index contributed by atoms with van der Waals surface area (Å²) in [6.45, 7) is 2.48. The molecular weight excluding hydrogens is 649 g/mol. The van der Waals surface area contributed by atoms with E-state index in [0.29, 0.717) is 44.1 Å². The number of rotatable bonds is 11. The Morgan fingerprint density at radius 2 is 1.40 bits per heavy atom. The number of carboxylic acids is 1. The van der Waals surface area contributed by atoms with Crippen molar-refractivity contribution in [2.24, 2.45) is 0 Å². The second kappa shape index (κ2) is 14.2. The van der Waals surface area contributed by atoms with Crippen molar-refractivity contribution in [3.05, 3.63) is 76.6 Å². The number of anilines is 3. The fourth-order valence-electron chi connectivity index (χ4n) is 5.07. The van der Waals surface area contributed by atoms with Crippen molar-refractivity contribution in [3.8, 4) is 0 Å². The van der Waals surface area contributed by atoms with Gasteiger partial charge in [0.1, 0.15) is 0 Å². The molecule has 1 aromatic heterocycles. The minimum absolute atomic E-state index is 0.0199. The first-order chi connectivity index (χ1) is 22.0. The summed E-state index contributed by atoms with van der Waals surface area (Å²) in [6.07, 6.45) is -12.6. The fourth-order valence-corrected chi connectivity index (χ4v) is 5.07. The van der Waals surface area contributed by atoms with Gasteiger partial charge in [0.2, 0.25) is 5.95 Å². The highest BCUT2D eigenvalue weighted by atomic mass is 19.4. The molecule has 0 saturated carbocycles. The van der Waals surface area contributed by atoms with Gasteiger partial charge >= 0.3 is 24.5 Å². The molecule has 256 valence electrons. The number of carboxylic acid groups (broad SMARTS) is 1. The Morgan fingerprint density at radius 1 is 0.830 bits per heavy atom. The Hall–Kier alpha value is -4.28. The van der Waals surface area contributed by atoms with Crippen molar-refractivity contribution in [1.82, 2.24) is 9.97 Å². The van der Waals surface area contributed by atoms with E-state index in [4.69, 9.17) is 4.74 Å². The zero-order valence-electron chi connectivity index (χ0n) is 24.9. The maximum atomic E-state index is 13.8. The molecule has 1 aliphatic heterocycles. The molecule has 8 nitrogen and oxygen atoms in total. The van der Waals surface area contributed by atoms with Crippen LogP contribution in [0.3, 0.4) is 0 Å². The first-order valence-corrected chi connectivity index (χ1v) is 14.3. The van der Waals surface area contributed by atoms with E-state index < -0.39 is 59.8 Å². The predicted octanol–water partition coefficient (Wildman–Crippen LogP) is 6.88. The van der Waals surface area contributed by atoms with Crippen LogP contribution < -0.4 is 14.7 Å². The smallest absolute Gasteiger partial charge is 0.416 e. The third-order valence-corrected chi connectivity index (χ3v) is 7.39. The average molecular weight is 680 g/mol. The monoisotopic (exact) mass is 679 g/mol. The van der Waals surface area contributed by atoms with Gasteiger partial charge in [0.15, 0.2) is 0 Å². The second-order valence-corrected chi connectivity index (χ2v) is 10.7. The first-order valence-electron chi connectivity index (χ1n) is 14.3. The lowest BCUT2D eigenvalue weighted by molar-refractivity contribution is -0.143. The molecule has 2 heterocycles. The molecule has 17 heteroatoms. The SMILES string of the molecule is CCN(CCC(=O)O)c1ccc(C(F)(F)F)cc1CN(Cc1cc(C(F)(F)F)cc(C(F)(F)F)c1)c1ncc(N2CCOCC2)cn1.